The molecular formula is C24H15Cl2FN2O3S. The summed E-state index contributed by atoms with van der Waals surface area (Å²) < 4.78 is 20.2. The minimum Gasteiger partial charge on any atom is -0.488 e. The molecule has 1 saturated heterocycles. The zero-order chi connectivity index (χ0) is 23.5. The van der Waals surface area contributed by atoms with Crippen molar-refractivity contribution < 1.29 is 18.7 Å². The first-order valence-electron chi connectivity index (χ1n) is 9.67. The minimum atomic E-state index is -0.742. The van der Waals surface area contributed by atoms with E-state index >= 15 is 0 Å². The van der Waals surface area contributed by atoms with Gasteiger partial charge in [-0.2, -0.15) is 0 Å². The smallest absolute Gasteiger partial charge is 0.270 e. The van der Waals surface area contributed by atoms with Crippen molar-refractivity contribution in [3.63, 3.8) is 0 Å². The molecule has 1 fully saturated rings. The Morgan fingerprint density at radius 1 is 1.00 bits per heavy atom. The number of nitrogens with one attached hydrogen (secondary N) is 1. The van der Waals surface area contributed by atoms with Crippen LogP contribution in [0.3, 0.4) is 0 Å². The standard InChI is InChI=1S/C24H15Cl2FN2O3S/c25-17-10-9-14(11-18(17)26)13-32-21-8-4-1-5-15(21)12-16-22(30)28-24(33)29(23(16)31)20-7-3-2-6-19(20)27/h1-12H,13H2,(H,28,30,33)/b16-12+. The summed E-state index contributed by atoms with van der Waals surface area (Å²) in [5.74, 6) is -1.64. The van der Waals surface area contributed by atoms with Gasteiger partial charge in [-0.25, -0.2) is 9.29 Å². The molecule has 0 saturated carbocycles. The molecule has 9 heteroatoms. The molecule has 1 heterocycles. The number of amides is 2. The maximum absolute atomic E-state index is 14.3. The molecule has 166 valence electrons. The van der Waals surface area contributed by atoms with Crippen molar-refractivity contribution in [1.29, 1.82) is 0 Å². The zero-order valence-electron chi connectivity index (χ0n) is 16.8. The first-order valence-corrected chi connectivity index (χ1v) is 10.8. The average molecular weight is 501 g/mol. The highest BCUT2D eigenvalue weighted by Gasteiger charge is 2.35. The number of para-hydroxylation sites is 2. The van der Waals surface area contributed by atoms with Gasteiger partial charge in [-0.1, -0.05) is 59.6 Å². The molecule has 1 aliphatic rings. The molecule has 0 bridgehead atoms. The fourth-order valence-electron chi connectivity index (χ4n) is 3.19. The maximum atomic E-state index is 14.3. The van der Waals surface area contributed by atoms with E-state index in [-0.39, 0.29) is 23.0 Å². The van der Waals surface area contributed by atoms with Crippen LogP contribution in [0.5, 0.6) is 5.75 Å². The second-order valence-electron chi connectivity index (χ2n) is 6.98. The summed E-state index contributed by atoms with van der Waals surface area (Å²) >= 11 is 17.1. The molecule has 0 atom stereocenters. The van der Waals surface area contributed by atoms with Gasteiger partial charge in [-0.05, 0) is 54.2 Å². The topological polar surface area (TPSA) is 58.6 Å². The maximum Gasteiger partial charge on any atom is 0.270 e. The molecule has 2 amide bonds. The first kappa shape index (κ1) is 22.9. The van der Waals surface area contributed by atoms with Crippen molar-refractivity contribution in [2.75, 3.05) is 4.90 Å². The lowest BCUT2D eigenvalue weighted by molar-refractivity contribution is -0.122. The Bertz CT molecular complexity index is 1310. The van der Waals surface area contributed by atoms with Crippen LogP contribution in [0, 0.1) is 5.82 Å². The lowest BCUT2D eigenvalue weighted by Gasteiger charge is -2.29. The SMILES string of the molecule is O=C1NC(=S)N(c2ccccc2F)C(=O)/C1=C/c1ccccc1OCc1ccc(Cl)c(Cl)c1. The zero-order valence-corrected chi connectivity index (χ0v) is 19.2. The average Bonchev–Trinajstić information content (AvgIpc) is 2.79. The summed E-state index contributed by atoms with van der Waals surface area (Å²) in [7, 11) is 0. The van der Waals surface area contributed by atoms with E-state index in [4.69, 9.17) is 40.2 Å². The molecule has 1 aliphatic heterocycles. The molecule has 0 aromatic heterocycles. The van der Waals surface area contributed by atoms with E-state index in [1.807, 2.05) is 0 Å². The van der Waals surface area contributed by atoms with Gasteiger partial charge in [0, 0.05) is 5.56 Å². The van der Waals surface area contributed by atoms with Crippen molar-refractivity contribution in [2.24, 2.45) is 0 Å². The number of halogens is 3. The number of nitrogens with zero attached hydrogens (tertiary/aromatic N) is 1. The van der Waals surface area contributed by atoms with Crippen LogP contribution in [0.4, 0.5) is 10.1 Å². The van der Waals surface area contributed by atoms with E-state index < -0.39 is 17.6 Å². The normalized spacial score (nSPS) is 15.1. The Hall–Kier alpha value is -3.26. The predicted octanol–water partition coefficient (Wildman–Crippen LogP) is 5.54. The van der Waals surface area contributed by atoms with Crippen molar-refractivity contribution in [3.05, 3.63) is 99.3 Å². The molecule has 5 nitrogen and oxygen atoms in total. The Kier molecular flexibility index (Phi) is 6.74. The van der Waals surface area contributed by atoms with E-state index in [1.54, 1.807) is 48.5 Å². The largest absolute Gasteiger partial charge is 0.488 e. The van der Waals surface area contributed by atoms with Crippen LogP contribution >= 0.6 is 35.4 Å². The summed E-state index contributed by atoms with van der Waals surface area (Å²) in [6.45, 7) is 0.183. The summed E-state index contributed by atoms with van der Waals surface area (Å²) in [6.07, 6.45) is 1.39. The van der Waals surface area contributed by atoms with E-state index in [2.05, 4.69) is 5.32 Å². The van der Waals surface area contributed by atoms with E-state index in [0.717, 1.165) is 10.5 Å². The molecule has 33 heavy (non-hydrogen) atoms. The Morgan fingerprint density at radius 2 is 1.73 bits per heavy atom. The number of thiocarbonyl (C=S) groups is 1. The lowest BCUT2D eigenvalue weighted by atomic mass is 10.1. The van der Waals surface area contributed by atoms with Crippen LogP contribution in [0.1, 0.15) is 11.1 Å². The highest BCUT2D eigenvalue weighted by molar-refractivity contribution is 7.80. The van der Waals surface area contributed by atoms with Crippen LogP contribution in [-0.2, 0) is 16.2 Å². The molecule has 0 radical (unpaired) electrons. The van der Waals surface area contributed by atoms with Gasteiger partial charge in [0.25, 0.3) is 11.8 Å². The fourth-order valence-corrected chi connectivity index (χ4v) is 3.78. The number of ether oxygens (including phenoxy) is 1. The quantitative estimate of drug-likeness (QED) is 0.283. The van der Waals surface area contributed by atoms with Crippen LogP contribution in [-0.4, -0.2) is 16.9 Å². The van der Waals surface area contributed by atoms with Crippen LogP contribution in [0.25, 0.3) is 6.08 Å². The Balaban J connectivity index is 1.64. The minimum absolute atomic E-state index is 0.0532. The number of hydrogen-bond donors (Lipinski definition) is 1. The van der Waals surface area contributed by atoms with Crippen molar-refractivity contribution >= 4 is 64.1 Å². The van der Waals surface area contributed by atoms with Crippen molar-refractivity contribution in [2.45, 2.75) is 6.61 Å². The fraction of sp³-hybridized carbons (Fsp3) is 0.0417. The molecule has 3 aromatic carbocycles. The van der Waals surface area contributed by atoms with Gasteiger partial charge in [0.1, 0.15) is 23.7 Å². The van der Waals surface area contributed by atoms with Gasteiger partial charge < -0.3 is 4.74 Å². The summed E-state index contributed by atoms with van der Waals surface area (Å²) in [6, 6.07) is 17.7. The third-order valence-corrected chi connectivity index (χ3v) is 5.82. The lowest BCUT2D eigenvalue weighted by Crippen LogP contribution is -2.54. The molecule has 3 aromatic rings. The van der Waals surface area contributed by atoms with Gasteiger partial charge in [0.05, 0.1) is 15.7 Å². The highest BCUT2D eigenvalue weighted by atomic mass is 35.5. The van der Waals surface area contributed by atoms with Gasteiger partial charge in [-0.3, -0.25) is 14.9 Å². The monoisotopic (exact) mass is 500 g/mol. The van der Waals surface area contributed by atoms with Gasteiger partial charge >= 0.3 is 0 Å². The van der Waals surface area contributed by atoms with Crippen LogP contribution in [0.2, 0.25) is 10.0 Å². The molecule has 4 rings (SSSR count). The number of anilines is 1. The molecule has 0 spiro atoms. The molecule has 0 aliphatic carbocycles. The van der Waals surface area contributed by atoms with Gasteiger partial charge in [0.2, 0.25) is 0 Å². The van der Waals surface area contributed by atoms with Crippen LogP contribution in [0.15, 0.2) is 72.3 Å². The third kappa shape index (κ3) is 4.90. The van der Waals surface area contributed by atoms with E-state index in [9.17, 15) is 14.0 Å². The van der Waals surface area contributed by atoms with Gasteiger partial charge in [-0.15, -0.1) is 0 Å². The summed E-state index contributed by atoms with van der Waals surface area (Å²) in [4.78, 5) is 26.7. The number of hydrogen-bond acceptors (Lipinski definition) is 4. The van der Waals surface area contributed by atoms with Crippen molar-refractivity contribution in [3.8, 4) is 5.75 Å². The predicted molar refractivity (Wildman–Crippen MR) is 130 cm³/mol. The number of carbonyl (C=O) groups excluding carboxylic acids is 2. The van der Waals surface area contributed by atoms with E-state index in [0.29, 0.717) is 21.4 Å². The molecular weight excluding hydrogens is 486 g/mol. The third-order valence-electron chi connectivity index (χ3n) is 4.79. The Labute approximate surface area is 204 Å². The summed E-state index contributed by atoms with van der Waals surface area (Å²) in [5, 5.41) is 3.08. The van der Waals surface area contributed by atoms with Gasteiger partial charge in [0.15, 0.2) is 5.11 Å². The molecule has 0 unspecified atom stereocenters. The number of benzene rings is 3. The number of rotatable bonds is 5. The van der Waals surface area contributed by atoms with E-state index in [1.165, 1.54) is 24.3 Å². The van der Waals surface area contributed by atoms with Crippen molar-refractivity contribution in [1.82, 2.24) is 5.32 Å². The second-order valence-corrected chi connectivity index (χ2v) is 8.19. The highest BCUT2D eigenvalue weighted by Crippen LogP contribution is 2.28. The first-order chi connectivity index (χ1) is 15.8. The number of carbonyl (C=O) groups is 2. The second kappa shape index (κ2) is 9.70. The van der Waals surface area contributed by atoms with Crippen LogP contribution < -0.4 is 15.0 Å². The molecule has 1 N–H and O–H groups in total. The summed E-state index contributed by atoms with van der Waals surface area (Å²) in [5.41, 5.74) is 1.01. The Morgan fingerprint density at radius 3 is 2.48 bits per heavy atom.